The summed E-state index contributed by atoms with van der Waals surface area (Å²) in [5.41, 5.74) is 17.1. The van der Waals surface area contributed by atoms with Gasteiger partial charge in [0.15, 0.2) is 0 Å². The molecule has 1 aliphatic rings. The van der Waals surface area contributed by atoms with E-state index in [1.54, 1.807) is 0 Å². The number of benzene rings is 7. The second kappa shape index (κ2) is 13.3. The lowest BCUT2D eigenvalue weighted by atomic mass is 9.82. The van der Waals surface area contributed by atoms with Crippen molar-refractivity contribution in [1.82, 2.24) is 0 Å². The van der Waals surface area contributed by atoms with Gasteiger partial charge in [-0.2, -0.15) is 0 Å². The number of hydrogen-bond acceptors (Lipinski definition) is 2. The Balaban J connectivity index is 1.07. The van der Waals surface area contributed by atoms with E-state index in [-0.39, 0.29) is 5.41 Å². The third-order valence-electron chi connectivity index (χ3n) is 10.3. The minimum Gasteiger partial charge on any atom is -0.310 e. The van der Waals surface area contributed by atoms with E-state index in [1.165, 1.54) is 44.8 Å². The molecular weight excluding hydrogens is 617 g/mol. The fraction of sp³-hybridized carbons (Fsp3) is 0.102. The Morgan fingerprint density at radius 3 is 1.43 bits per heavy atom. The van der Waals surface area contributed by atoms with Crippen molar-refractivity contribution in [3.8, 4) is 11.1 Å². The largest absolute Gasteiger partial charge is 0.310 e. The van der Waals surface area contributed by atoms with Gasteiger partial charge in [0.05, 0.1) is 0 Å². The van der Waals surface area contributed by atoms with Gasteiger partial charge in [-0.25, -0.2) is 0 Å². The van der Waals surface area contributed by atoms with E-state index in [2.05, 4.69) is 220 Å². The summed E-state index contributed by atoms with van der Waals surface area (Å²) >= 11 is 0. The molecule has 7 aromatic carbocycles. The monoisotopic (exact) mass is 658 g/mol. The highest BCUT2D eigenvalue weighted by atomic mass is 15.1. The summed E-state index contributed by atoms with van der Waals surface area (Å²) in [6, 6.07) is 61.3. The Kier molecular flexibility index (Phi) is 8.37. The van der Waals surface area contributed by atoms with Crippen LogP contribution in [0.4, 0.5) is 34.1 Å². The van der Waals surface area contributed by atoms with Gasteiger partial charge in [-0.3, -0.25) is 0 Å². The van der Waals surface area contributed by atoms with Crippen molar-refractivity contribution >= 4 is 46.3 Å². The maximum Gasteiger partial charge on any atom is 0.0490 e. The molecule has 248 valence electrons. The maximum absolute atomic E-state index is 2.39. The van der Waals surface area contributed by atoms with E-state index in [1.807, 2.05) is 0 Å². The number of hydrogen-bond donors (Lipinski definition) is 0. The van der Waals surface area contributed by atoms with E-state index in [0.29, 0.717) is 0 Å². The zero-order chi connectivity index (χ0) is 35.0. The van der Waals surface area contributed by atoms with Crippen LogP contribution in [0.3, 0.4) is 0 Å². The molecule has 2 nitrogen and oxygen atoms in total. The molecule has 0 aromatic heterocycles. The molecule has 0 spiro atoms. The van der Waals surface area contributed by atoms with Crippen LogP contribution in [-0.4, -0.2) is 0 Å². The molecule has 0 unspecified atom stereocenters. The Morgan fingerprint density at radius 2 is 0.843 bits per heavy atom. The van der Waals surface area contributed by atoms with Crippen LogP contribution in [0.5, 0.6) is 0 Å². The first-order valence-electron chi connectivity index (χ1n) is 17.8. The lowest BCUT2D eigenvalue weighted by molar-refractivity contribution is 0.660. The number of anilines is 6. The van der Waals surface area contributed by atoms with Crippen LogP contribution < -0.4 is 9.80 Å². The molecule has 0 atom stereocenters. The van der Waals surface area contributed by atoms with E-state index >= 15 is 0 Å². The van der Waals surface area contributed by atoms with Crippen LogP contribution in [-0.2, 0) is 5.41 Å². The van der Waals surface area contributed by atoms with Gasteiger partial charge in [-0.1, -0.05) is 135 Å². The van der Waals surface area contributed by atoms with Gasteiger partial charge in [-0.05, 0) is 119 Å². The van der Waals surface area contributed by atoms with Crippen LogP contribution in [0.2, 0.25) is 0 Å². The van der Waals surface area contributed by atoms with Crippen LogP contribution in [0, 0.1) is 13.8 Å². The van der Waals surface area contributed by atoms with Gasteiger partial charge in [-0.15, -0.1) is 0 Å². The first kappa shape index (κ1) is 32.1. The molecule has 2 heteroatoms. The molecule has 0 amide bonds. The summed E-state index contributed by atoms with van der Waals surface area (Å²) in [5, 5.41) is 0. The molecular formula is C49H42N2. The molecule has 0 radical (unpaired) electrons. The molecule has 0 aliphatic heterocycles. The first-order chi connectivity index (χ1) is 24.9. The predicted molar refractivity (Wildman–Crippen MR) is 218 cm³/mol. The zero-order valence-corrected chi connectivity index (χ0v) is 29.7. The second-order valence-electron chi connectivity index (χ2n) is 14.0. The average molecular weight is 659 g/mol. The smallest absolute Gasteiger partial charge is 0.0490 e. The van der Waals surface area contributed by atoms with E-state index < -0.39 is 0 Å². The second-order valence-corrected chi connectivity index (χ2v) is 14.0. The van der Waals surface area contributed by atoms with Crippen LogP contribution >= 0.6 is 0 Å². The molecule has 0 N–H and O–H groups in total. The minimum atomic E-state index is -0.0591. The Hall–Kier alpha value is -6.12. The Bertz CT molecular complexity index is 2300. The van der Waals surface area contributed by atoms with Gasteiger partial charge in [0, 0.05) is 39.5 Å². The summed E-state index contributed by atoms with van der Waals surface area (Å²) in [7, 11) is 0. The molecule has 0 fully saturated rings. The molecule has 1 aliphatic carbocycles. The third kappa shape index (κ3) is 6.04. The molecule has 0 saturated heterocycles. The fourth-order valence-corrected chi connectivity index (χ4v) is 7.55. The fourth-order valence-electron chi connectivity index (χ4n) is 7.55. The molecule has 8 rings (SSSR count). The lowest BCUT2D eigenvalue weighted by Crippen LogP contribution is -2.16. The van der Waals surface area contributed by atoms with Gasteiger partial charge in [0.25, 0.3) is 0 Å². The number of para-hydroxylation sites is 3. The molecule has 0 bridgehead atoms. The topological polar surface area (TPSA) is 6.48 Å². The molecule has 51 heavy (non-hydrogen) atoms. The highest BCUT2D eigenvalue weighted by Gasteiger charge is 2.35. The van der Waals surface area contributed by atoms with Crippen molar-refractivity contribution < 1.29 is 0 Å². The van der Waals surface area contributed by atoms with Crippen molar-refractivity contribution in [3.63, 3.8) is 0 Å². The quantitative estimate of drug-likeness (QED) is 0.150. The Morgan fingerprint density at radius 1 is 0.392 bits per heavy atom. The Labute approximate surface area is 302 Å². The summed E-state index contributed by atoms with van der Waals surface area (Å²) in [5.74, 6) is 0. The summed E-state index contributed by atoms with van der Waals surface area (Å²) in [6.07, 6.45) is 4.39. The normalized spacial score (nSPS) is 12.8. The van der Waals surface area contributed by atoms with Gasteiger partial charge < -0.3 is 9.80 Å². The number of aryl methyl sites for hydroxylation is 2. The predicted octanol–water partition coefficient (Wildman–Crippen LogP) is 13.7. The summed E-state index contributed by atoms with van der Waals surface area (Å²) in [4.78, 5) is 4.72. The highest BCUT2D eigenvalue weighted by Crippen LogP contribution is 2.50. The third-order valence-corrected chi connectivity index (χ3v) is 10.3. The molecule has 0 saturated carbocycles. The standard InChI is InChI=1S/C49H42N2/c1-35-14-8-12-20-47(35)51(48-21-13-9-15-36(48)2)41-30-26-38(27-31-41)23-22-37-24-28-40(29-25-37)50(39-16-6-5-7-17-39)42-32-33-44-43-18-10-11-19-45(43)49(3,4)46(44)34-42/h5-34H,1-4H3. The van der Waals surface area contributed by atoms with Gasteiger partial charge in [0.2, 0.25) is 0 Å². The van der Waals surface area contributed by atoms with Crippen molar-refractivity contribution in [2.45, 2.75) is 33.1 Å². The van der Waals surface area contributed by atoms with Crippen molar-refractivity contribution in [1.29, 1.82) is 0 Å². The first-order valence-corrected chi connectivity index (χ1v) is 17.8. The van der Waals surface area contributed by atoms with Gasteiger partial charge >= 0.3 is 0 Å². The van der Waals surface area contributed by atoms with Crippen molar-refractivity contribution in [2.24, 2.45) is 0 Å². The molecule has 0 heterocycles. The van der Waals surface area contributed by atoms with Gasteiger partial charge in [0.1, 0.15) is 0 Å². The lowest BCUT2D eigenvalue weighted by Gasteiger charge is -2.28. The van der Waals surface area contributed by atoms with Crippen molar-refractivity contribution in [2.75, 3.05) is 9.80 Å². The van der Waals surface area contributed by atoms with E-state index in [0.717, 1.165) is 33.9 Å². The van der Waals surface area contributed by atoms with Crippen LogP contribution in [0.1, 0.15) is 47.2 Å². The maximum atomic E-state index is 2.39. The van der Waals surface area contributed by atoms with E-state index in [4.69, 9.17) is 0 Å². The SMILES string of the molecule is Cc1ccccc1N(c1ccc(C=Cc2ccc(N(c3ccccc3)c3ccc4c(c3)C(C)(C)c3ccccc3-4)cc2)cc1)c1ccccc1C. The minimum absolute atomic E-state index is 0.0591. The zero-order valence-electron chi connectivity index (χ0n) is 29.7. The van der Waals surface area contributed by atoms with Crippen LogP contribution in [0.25, 0.3) is 23.3 Å². The average Bonchev–Trinajstić information content (AvgIpc) is 3.39. The van der Waals surface area contributed by atoms with E-state index in [9.17, 15) is 0 Å². The summed E-state index contributed by atoms with van der Waals surface area (Å²) in [6.45, 7) is 9.03. The number of nitrogens with zero attached hydrogens (tertiary/aromatic N) is 2. The molecule has 7 aromatic rings. The number of fused-ring (bicyclic) bond motifs is 3. The van der Waals surface area contributed by atoms with Crippen molar-refractivity contribution in [3.05, 3.63) is 203 Å². The number of rotatable bonds is 8. The highest BCUT2D eigenvalue weighted by molar-refractivity contribution is 5.86. The van der Waals surface area contributed by atoms with Crippen LogP contribution in [0.15, 0.2) is 170 Å². The summed E-state index contributed by atoms with van der Waals surface area (Å²) < 4.78 is 0.